The lowest BCUT2D eigenvalue weighted by Gasteiger charge is -2.07. The summed E-state index contributed by atoms with van der Waals surface area (Å²) in [6.07, 6.45) is 3.27. The minimum Gasteiger partial charge on any atom is -0.491 e. The van der Waals surface area contributed by atoms with Gasteiger partial charge in [-0.05, 0) is 18.2 Å². The van der Waals surface area contributed by atoms with Gasteiger partial charge in [-0.25, -0.2) is 0 Å². The SMILES string of the molecule is COCCOc1cccc(C(=O)NC/C=C/CO)c1. The van der Waals surface area contributed by atoms with E-state index in [0.29, 0.717) is 31.1 Å². The summed E-state index contributed by atoms with van der Waals surface area (Å²) in [6, 6.07) is 6.95. The highest BCUT2D eigenvalue weighted by Crippen LogP contribution is 2.13. The van der Waals surface area contributed by atoms with E-state index in [9.17, 15) is 4.79 Å². The van der Waals surface area contributed by atoms with Gasteiger partial charge in [-0.3, -0.25) is 4.79 Å². The number of carbonyl (C=O) groups is 1. The Hall–Kier alpha value is -1.85. The van der Waals surface area contributed by atoms with Crippen LogP contribution in [0.15, 0.2) is 36.4 Å². The molecule has 0 bridgehead atoms. The van der Waals surface area contributed by atoms with Crippen LogP contribution in [-0.2, 0) is 4.74 Å². The Bertz CT molecular complexity index is 418. The van der Waals surface area contributed by atoms with Gasteiger partial charge in [0, 0.05) is 19.2 Å². The fourth-order valence-electron chi connectivity index (χ4n) is 1.38. The average Bonchev–Trinajstić information content (AvgIpc) is 2.44. The second-order valence-corrected chi connectivity index (χ2v) is 3.73. The molecule has 104 valence electrons. The summed E-state index contributed by atoms with van der Waals surface area (Å²) >= 11 is 0. The molecular weight excluding hydrogens is 246 g/mol. The summed E-state index contributed by atoms with van der Waals surface area (Å²) in [7, 11) is 1.60. The molecule has 0 atom stereocenters. The number of hydrogen-bond acceptors (Lipinski definition) is 4. The van der Waals surface area contributed by atoms with Gasteiger partial charge in [0.25, 0.3) is 5.91 Å². The van der Waals surface area contributed by atoms with Crippen LogP contribution < -0.4 is 10.1 Å². The molecule has 0 spiro atoms. The molecule has 0 radical (unpaired) electrons. The van der Waals surface area contributed by atoms with Crippen molar-refractivity contribution in [2.24, 2.45) is 0 Å². The van der Waals surface area contributed by atoms with Crippen molar-refractivity contribution >= 4 is 5.91 Å². The Kier molecular flexibility index (Phi) is 7.31. The number of hydrogen-bond donors (Lipinski definition) is 2. The first-order chi connectivity index (χ1) is 9.27. The topological polar surface area (TPSA) is 67.8 Å². The molecule has 0 heterocycles. The highest BCUT2D eigenvalue weighted by molar-refractivity contribution is 5.94. The predicted octanol–water partition coefficient (Wildman–Crippen LogP) is 0.990. The summed E-state index contributed by atoms with van der Waals surface area (Å²) in [5, 5.41) is 11.3. The summed E-state index contributed by atoms with van der Waals surface area (Å²) < 4.78 is 10.3. The summed E-state index contributed by atoms with van der Waals surface area (Å²) in [4.78, 5) is 11.8. The number of ether oxygens (including phenoxy) is 2. The number of benzene rings is 1. The van der Waals surface area contributed by atoms with Crippen LogP contribution in [-0.4, -0.2) is 44.5 Å². The van der Waals surface area contributed by atoms with Crippen LogP contribution in [0, 0.1) is 0 Å². The molecule has 1 amide bonds. The molecule has 1 aromatic carbocycles. The molecule has 19 heavy (non-hydrogen) atoms. The van der Waals surface area contributed by atoms with Crippen molar-refractivity contribution in [3.8, 4) is 5.75 Å². The van der Waals surface area contributed by atoms with Crippen LogP contribution in [0.3, 0.4) is 0 Å². The van der Waals surface area contributed by atoms with Crippen LogP contribution in [0.2, 0.25) is 0 Å². The van der Waals surface area contributed by atoms with Crippen molar-refractivity contribution in [3.05, 3.63) is 42.0 Å². The van der Waals surface area contributed by atoms with Crippen molar-refractivity contribution in [2.45, 2.75) is 0 Å². The molecule has 0 aliphatic heterocycles. The van der Waals surface area contributed by atoms with E-state index < -0.39 is 0 Å². The van der Waals surface area contributed by atoms with Crippen molar-refractivity contribution < 1.29 is 19.4 Å². The van der Waals surface area contributed by atoms with Crippen LogP contribution in [0.5, 0.6) is 5.75 Å². The third kappa shape index (κ3) is 6.03. The van der Waals surface area contributed by atoms with E-state index in [-0.39, 0.29) is 12.5 Å². The highest BCUT2D eigenvalue weighted by Gasteiger charge is 2.05. The monoisotopic (exact) mass is 265 g/mol. The van der Waals surface area contributed by atoms with E-state index in [2.05, 4.69) is 5.32 Å². The van der Waals surface area contributed by atoms with Gasteiger partial charge in [0.1, 0.15) is 12.4 Å². The predicted molar refractivity (Wildman–Crippen MR) is 72.4 cm³/mol. The van der Waals surface area contributed by atoms with Gasteiger partial charge in [-0.15, -0.1) is 0 Å². The van der Waals surface area contributed by atoms with Gasteiger partial charge in [-0.2, -0.15) is 0 Å². The van der Waals surface area contributed by atoms with Gasteiger partial charge in [0.05, 0.1) is 13.2 Å². The molecule has 2 N–H and O–H groups in total. The minimum atomic E-state index is -0.181. The quantitative estimate of drug-likeness (QED) is 0.543. The molecule has 0 saturated heterocycles. The number of amides is 1. The van der Waals surface area contributed by atoms with Crippen LogP contribution >= 0.6 is 0 Å². The van der Waals surface area contributed by atoms with Crippen molar-refractivity contribution in [3.63, 3.8) is 0 Å². The van der Waals surface area contributed by atoms with E-state index >= 15 is 0 Å². The maximum atomic E-state index is 11.8. The van der Waals surface area contributed by atoms with E-state index in [0.717, 1.165) is 0 Å². The van der Waals surface area contributed by atoms with E-state index in [1.54, 1.807) is 43.5 Å². The van der Waals surface area contributed by atoms with Crippen molar-refractivity contribution in [2.75, 3.05) is 33.5 Å². The number of rotatable bonds is 8. The van der Waals surface area contributed by atoms with Crippen molar-refractivity contribution in [1.29, 1.82) is 0 Å². The first kappa shape index (κ1) is 15.2. The number of carbonyl (C=O) groups excluding carboxylic acids is 1. The third-order valence-corrected chi connectivity index (χ3v) is 2.30. The number of methoxy groups -OCH3 is 1. The van der Waals surface area contributed by atoms with E-state index in [4.69, 9.17) is 14.6 Å². The largest absolute Gasteiger partial charge is 0.491 e. The average molecular weight is 265 g/mol. The van der Waals surface area contributed by atoms with Gasteiger partial charge in [0.15, 0.2) is 0 Å². The minimum absolute atomic E-state index is 0.0291. The molecule has 1 aromatic rings. The molecular formula is C14H19NO4. The summed E-state index contributed by atoms with van der Waals surface area (Å²) in [5.41, 5.74) is 0.535. The van der Waals surface area contributed by atoms with Crippen molar-refractivity contribution in [1.82, 2.24) is 5.32 Å². The number of aliphatic hydroxyl groups is 1. The molecule has 0 fully saturated rings. The maximum absolute atomic E-state index is 11.8. The molecule has 0 aliphatic rings. The van der Waals surface area contributed by atoms with Gasteiger partial charge >= 0.3 is 0 Å². The Labute approximate surface area is 112 Å². The molecule has 5 heteroatoms. The molecule has 0 unspecified atom stereocenters. The van der Waals surface area contributed by atoms with Crippen LogP contribution in [0.1, 0.15) is 10.4 Å². The zero-order valence-corrected chi connectivity index (χ0v) is 11.0. The summed E-state index contributed by atoms with van der Waals surface area (Å²) in [5.74, 6) is 0.454. The number of aliphatic hydroxyl groups excluding tert-OH is 1. The molecule has 0 aromatic heterocycles. The van der Waals surface area contributed by atoms with Gasteiger partial charge in [-0.1, -0.05) is 18.2 Å². The lowest BCUT2D eigenvalue weighted by molar-refractivity contribution is 0.0957. The van der Waals surface area contributed by atoms with Gasteiger partial charge < -0.3 is 19.9 Å². The Morgan fingerprint density at radius 3 is 2.95 bits per heavy atom. The highest BCUT2D eigenvalue weighted by atomic mass is 16.5. The second-order valence-electron chi connectivity index (χ2n) is 3.73. The number of nitrogens with one attached hydrogen (secondary N) is 1. The second kappa shape index (κ2) is 9.13. The lowest BCUT2D eigenvalue weighted by Crippen LogP contribution is -2.23. The van der Waals surface area contributed by atoms with Crippen LogP contribution in [0.4, 0.5) is 0 Å². The first-order valence-electron chi connectivity index (χ1n) is 6.03. The maximum Gasteiger partial charge on any atom is 0.251 e. The molecule has 5 nitrogen and oxygen atoms in total. The first-order valence-corrected chi connectivity index (χ1v) is 6.03. The Morgan fingerprint density at radius 1 is 1.37 bits per heavy atom. The standard InChI is InChI=1S/C14H19NO4/c1-18-9-10-19-13-6-4-5-12(11-13)14(17)15-7-2-3-8-16/h2-6,11,16H,7-10H2,1H3,(H,15,17)/b3-2+. The third-order valence-electron chi connectivity index (χ3n) is 2.30. The lowest BCUT2D eigenvalue weighted by atomic mass is 10.2. The smallest absolute Gasteiger partial charge is 0.251 e. The fourth-order valence-corrected chi connectivity index (χ4v) is 1.38. The molecule has 1 rings (SSSR count). The Balaban J connectivity index is 2.50. The van der Waals surface area contributed by atoms with E-state index in [1.165, 1.54) is 0 Å². The molecule has 0 aliphatic carbocycles. The van der Waals surface area contributed by atoms with Gasteiger partial charge in [0.2, 0.25) is 0 Å². The Morgan fingerprint density at radius 2 is 2.21 bits per heavy atom. The zero-order valence-electron chi connectivity index (χ0n) is 11.0. The van der Waals surface area contributed by atoms with E-state index in [1.807, 2.05) is 0 Å². The van der Waals surface area contributed by atoms with Crippen LogP contribution in [0.25, 0.3) is 0 Å². The summed E-state index contributed by atoms with van der Waals surface area (Å²) in [6.45, 7) is 1.30. The zero-order chi connectivity index (χ0) is 13.9. The molecule has 0 saturated carbocycles. The fraction of sp³-hybridized carbons (Fsp3) is 0.357. The normalized spacial score (nSPS) is 10.6.